The third-order valence-electron chi connectivity index (χ3n) is 2.71. The molecular weight excluding hydrogens is 274 g/mol. The Morgan fingerprint density at radius 3 is 2.80 bits per heavy atom. The first-order valence-corrected chi connectivity index (χ1v) is 7.14. The number of urea groups is 1. The van der Waals surface area contributed by atoms with Crippen molar-refractivity contribution in [3.63, 3.8) is 0 Å². The highest BCUT2D eigenvalue weighted by Crippen LogP contribution is 2.12. The Morgan fingerprint density at radius 1 is 1.40 bits per heavy atom. The van der Waals surface area contributed by atoms with Gasteiger partial charge in [-0.15, -0.1) is 11.3 Å². The van der Waals surface area contributed by atoms with Gasteiger partial charge >= 0.3 is 6.03 Å². The largest absolute Gasteiger partial charge is 0.492 e. The zero-order valence-electron chi connectivity index (χ0n) is 11.5. The minimum absolute atomic E-state index is 0.188. The summed E-state index contributed by atoms with van der Waals surface area (Å²) in [5.41, 5.74) is 1.19. The second-order valence-electron chi connectivity index (χ2n) is 4.35. The number of carbonyl (C=O) groups is 1. The summed E-state index contributed by atoms with van der Waals surface area (Å²) in [6, 6.07) is 7.64. The van der Waals surface area contributed by atoms with E-state index in [9.17, 15) is 4.79 Å². The predicted octanol–water partition coefficient (Wildman–Crippen LogP) is 2.99. The lowest BCUT2D eigenvalue weighted by molar-refractivity contribution is 0.207. The van der Waals surface area contributed by atoms with Gasteiger partial charge in [0.2, 0.25) is 0 Å². The lowest BCUT2D eigenvalue weighted by atomic mass is 10.2. The molecule has 0 saturated carbocycles. The first kappa shape index (κ1) is 14.3. The number of nitrogens with one attached hydrogen (secondary N) is 1. The summed E-state index contributed by atoms with van der Waals surface area (Å²) in [6.45, 7) is 2.98. The minimum atomic E-state index is -0.188. The summed E-state index contributed by atoms with van der Waals surface area (Å²) in [7, 11) is 1.72. The first-order valence-electron chi connectivity index (χ1n) is 6.26. The standard InChI is InChI=1S/C14H17N3O2S/c1-11-3-5-12(6-4-11)19-9-8-17(2)14(18)16-13-15-7-10-20-13/h3-7,10H,8-9H2,1-2H3,(H,15,16,18). The van der Waals surface area contributed by atoms with Crippen molar-refractivity contribution in [1.29, 1.82) is 0 Å². The normalized spacial score (nSPS) is 10.1. The molecular formula is C14H17N3O2S. The van der Waals surface area contributed by atoms with Crippen LogP contribution in [0.1, 0.15) is 5.56 Å². The molecule has 0 spiro atoms. The summed E-state index contributed by atoms with van der Waals surface area (Å²) in [5.74, 6) is 0.810. The maximum absolute atomic E-state index is 11.8. The molecule has 0 aliphatic carbocycles. The van der Waals surface area contributed by atoms with E-state index in [1.807, 2.05) is 36.6 Å². The maximum atomic E-state index is 11.8. The fourth-order valence-corrected chi connectivity index (χ4v) is 2.03. The number of nitrogens with zero attached hydrogens (tertiary/aromatic N) is 2. The van der Waals surface area contributed by atoms with Gasteiger partial charge in [-0.2, -0.15) is 0 Å². The summed E-state index contributed by atoms with van der Waals surface area (Å²) in [4.78, 5) is 17.4. The molecule has 0 saturated heterocycles. The van der Waals surface area contributed by atoms with Crippen LogP contribution in [0.15, 0.2) is 35.8 Å². The Hall–Kier alpha value is -2.08. The van der Waals surface area contributed by atoms with Gasteiger partial charge in [-0.3, -0.25) is 5.32 Å². The molecule has 2 aromatic rings. The molecule has 1 N–H and O–H groups in total. The van der Waals surface area contributed by atoms with Gasteiger partial charge in [0.1, 0.15) is 12.4 Å². The molecule has 0 aliphatic heterocycles. The molecule has 0 radical (unpaired) electrons. The van der Waals surface area contributed by atoms with E-state index in [1.165, 1.54) is 16.9 Å². The number of rotatable bonds is 5. The monoisotopic (exact) mass is 291 g/mol. The molecule has 1 heterocycles. The number of hydrogen-bond donors (Lipinski definition) is 1. The van der Waals surface area contributed by atoms with Crippen LogP contribution in [0.2, 0.25) is 0 Å². The van der Waals surface area contributed by atoms with Crippen LogP contribution < -0.4 is 10.1 Å². The highest BCUT2D eigenvalue weighted by Gasteiger charge is 2.09. The van der Waals surface area contributed by atoms with E-state index < -0.39 is 0 Å². The lowest BCUT2D eigenvalue weighted by Gasteiger charge is -2.17. The van der Waals surface area contributed by atoms with Crippen molar-refractivity contribution in [3.05, 3.63) is 41.4 Å². The van der Waals surface area contributed by atoms with Crippen molar-refractivity contribution in [2.75, 3.05) is 25.5 Å². The van der Waals surface area contributed by atoms with E-state index in [2.05, 4.69) is 10.3 Å². The van der Waals surface area contributed by atoms with Gasteiger partial charge in [0.25, 0.3) is 0 Å². The number of anilines is 1. The lowest BCUT2D eigenvalue weighted by Crippen LogP contribution is -2.34. The first-order chi connectivity index (χ1) is 9.65. The van der Waals surface area contributed by atoms with Gasteiger partial charge < -0.3 is 9.64 Å². The molecule has 0 aliphatic rings. The van der Waals surface area contributed by atoms with Crippen LogP contribution in [0, 0.1) is 6.92 Å². The fourth-order valence-electron chi connectivity index (χ4n) is 1.51. The van der Waals surface area contributed by atoms with Crippen LogP contribution in [0.4, 0.5) is 9.93 Å². The maximum Gasteiger partial charge on any atom is 0.323 e. The summed E-state index contributed by atoms with van der Waals surface area (Å²) < 4.78 is 5.58. The number of carbonyl (C=O) groups excluding carboxylic acids is 1. The number of hydrogen-bond acceptors (Lipinski definition) is 4. The molecule has 0 atom stereocenters. The second-order valence-corrected chi connectivity index (χ2v) is 5.25. The Balaban J connectivity index is 1.73. The minimum Gasteiger partial charge on any atom is -0.492 e. The van der Waals surface area contributed by atoms with E-state index in [0.29, 0.717) is 18.3 Å². The summed E-state index contributed by atoms with van der Waals surface area (Å²) in [5, 5.41) is 5.13. The number of thiazole rings is 1. The van der Waals surface area contributed by atoms with Gasteiger partial charge in [0, 0.05) is 18.6 Å². The van der Waals surface area contributed by atoms with Crippen molar-refractivity contribution < 1.29 is 9.53 Å². The van der Waals surface area contributed by atoms with Gasteiger partial charge in [-0.25, -0.2) is 9.78 Å². The molecule has 2 amide bonds. The van der Waals surface area contributed by atoms with E-state index in [1.54, 1.807) is 18.1 Å². The highest BCUT2D eigenvalue weighted by molar-refractivity contribution is 7.13. The molecule has 0 bridgehead atoms. The van der Waals surface area contributed by atoms with E-state index >= 15 is 0 Å². The molecule has 106 valence electrons. The third-order valence-corrected chi connectivity index (χ3v) is 3.40. The average Bonchev–Trinajstić information content (AvgIpc) is 2.93. The quantitative estimate of drug-likeness (QED) is 0.921. The van der Waals surface area contributed by atoms with Gasteiger partial charge in [0.05, 0.1) is 6.54 Å². The predicted molar refractivity (Wildman–Crippen MR) is 80.4 cm³/mol. The molecule has 0 unspecified atom stereocenters. The van der Waals surface area contributed by atoms with Gasteiger partial charge in [0.15, 0.2) is 5.13 Å². The van der Waals surface area contributed by atoms with Gasteiger partial charge in [-0.05, 0) is 19.1 Å². The second kappa shape index (κ2) is 6.91. The number of aryl methyl sites for hydroxylation is 1. The average molecular weight is 291 g/mol. The van der Waals surface area contributed by atoms with Crippen LogP contribution in [-0.4, -0.2) is 36.1 Å². The molecule has 5 nitrogen and oxygen atoms in total. The van der Waals surface area contributed by atoms with E-state index in [4.69, 9.17) is 4.74 Å². The smallest absolute Gasteiger partial charge is 0.323 e. The van der Waals surface area contributed by atoms with Crippen LogP contribution in [0.3, 0.4) is 0 Å². The number of likely N-dealkylation sites (N-methyl/N-ethyl adjacent to an activating group) is 1. The molecule has 1 aromatic carbocycles. The molecule has 2 rings (SSSR count). The highest BCUT2D eigenvalue weighted by atomic mass is 32.1. The van der Waals surface area contributed by atoms with Crippen LogP contribution in [0.25, 0.3) is 0 Å². The fraction of sp³-hybridized carbons (Fsp3) is 0.286. The van der Waals surface area contributed by atoms with E-state index in [-0.39, 0.29) is 6.03 Å². The number of aromatic nitrogens is 1. The zero-order valence-corrected chi connectivity index (χ0v) is 12.3. The summed E-state index contributed by atoms with van der Waals surface area (Å²) >= 11 is 1.39. The van der Waals surface area contributed by atoms with Crippen molar-refractivity contribution >= 4 is 22.5 Å². The third kappa shape index (κ3) is 4.24. The molecule has 1 aromatic heterocycles. The van der Waals surface area contributed by atoms with E-state index in [0.717, 1.165) is 5.75 Å². The molecule has 20 heavy (non-hydrogen) atoms. The Labute approximate surface area is 122 Å². The molecule has 0 fully saturated rings. The zero-order chi connectivity index (χ0) is 14.4. The van der Waals surface area contributed by atoms with Crippen molar-refractivity contribution in [1.82, 2.24) is 9.88 Å². The summed E-state index contributed by atoms with van der Waals surface area (Å²) in [6.07, 6.45) is 1.65. The Bertz CT molecular complexity index is 540. The van der Waals surface area contributed by atoms with Gasteiger partial charge in [-0.1, -0.05) is 17.7 Å². The topological polar surface area (TPSA) is 54.5 Å². The molecule has 6 heteroatoms. The number of benzene rings is 1. The van der Waals surface area contributed by atoms with Crippen LogP contribution in [-0.2, 0) is 0 Å². The number of amides is 2. The van der Waals surface area contributed by atoms with Crippen LogP contribution >= 0.6 is 11.3 Å². The Morgan fingerprint density at radius 2 is 2.15 bits per heavy atom. The van der Waals surface area contributed by atoms with Crippen molar-refractivity contribution in [2.24, 2.45) is 0 Å². The Kier molecular flexibility index (Phi) is 4.95. The van der Waals surface area contributed by atoms with Crippen molar-refractivity contribution in [2.45, 2.75) is 6.92 Å². The number of ether oxygens (including phenoxy) is 1. The SMILES string of the molecule is Cc1ccc(OCCN(C)C(=O)Nc2nccs2)cc1. The van der Waals surface area contributed by atoms with Crippen molar-refractivity contribution in [3.8, 4) is 5.75 Å². The van der Waals surface area contributed by atoms with Crippen LogP contribution in [0.5, 0.6) is 5.75 Å².